The molecule has 104 heavy (non-hydrogen) atoms. The first-order valence-corrected chi connectivity index (χ1v) is 36.8. The lowest BCUT2D eigenvalue weighted by Crippen LogP contribution is -2.33. The average Bonchev–Trinajstić information content (AvgIpc) is 1.64. The van der Waals surface area contributed by atoms with Crippen molar-refractivity contribution < 1.29 is 0 Å². The van der Waals surface area contributed by atoms with Crippen molar-refractivity contribution in [1.82, 2.24) is 0 Å². The van der Waals surface area contributed by atoms with Crippen LogP contribution in [0.25, 0.3) is 112 Å². The Balaban J connectivity index is 0.579. The minimum Gasteiger partial charge on any atom is -0.334 e. The summed E-state index contributed by atoms with van der Waals surface area (Å²) >= 11 is 0. The third kappa shape index (κ3) is 11.6. The number of rotatable bonds is 12. The molecule has 0 aromatic heterocycles. The van der Waals surface area contributed by atoms with Crippen LogP contribution >= 0.6 is 0 Å². The molecule has 0 radical (unpaired) electrons. The largest absolute Gasteiger partial charge is 0.334 e. The highest BCUT2D eigenvalue weighted by atomic mass is 15.2. The van der Waals surface area contributed by atoms with Crippen LogP contribution in [0.4, 0.5) is 22.7 Å². The number of fused-ring (bicyclic) bond motifs is 11. The SMILES string of the molecule is C=C1/C=C\C(N(c2ccc3ccccc3c2)[C@H]2C=CC(c3ccc4ccccc4c3)=CC2)=C/CC(C)(C)c2cc(/C=C/c3ccc4c(c3)C(C)(C)c3cc(/C=C/c5ccc6c(c5)C(C)(C)c5cc(N(c7ccc(-c8ccc9ccccc9c8)cc7)c7ccc8ccccc8c7)ccc5-6)ccc3-4)ccc21. The number of anilines is 4. The molecule has 0 saturated carbocycles. The quantitative estimate of drug-likeness (QED) is 0.113. The molecular weight excluding hydrogens is 1250 g/mol. The topological polar surface area (TPSA) is 6.48 Å². The predicted molar refractivity (Wildman–Crippen MR) is 447 cm³/mol. The fraction of sp³-hybridized carbons (Fsp3) is 0.118. The van der Waals surface area contributed by atoms with Gasteiger partial charge in [0.15, 0.2) is 0 Å². The first-order valence-electron chi connectivity index (χ1n) is 36.8. The molecule has 0 bridgehead atoms. The summed E-state index contributed by atoms with van der Waals surface area (Å²) in [5, 5.41) is 9.95. The molecule has 4 aliphatic rings. The van der Waals surface area contributed by atoms with Crippen LogP contribution in [0.1, 0.15) is 116 Å². The van der Waals surface area contributed by atoms with Crippen molar-refractivity contribution in [3.8, 4) is 33.4 Å². The molecule has 2 nitrogen and oxygen atoms in total. The summed E-state index contributed by atoms with van der Waals surface area (Å²) in [7, 11) is 0. The van der Waals surface area contributed by atoms with Gasteiger partial charge in [0.25, 0.3) is 0 Å². The van der Waals surface area contributed by atoms with Crippen molar-refractivity contribution >= 4 is 101 Å². The second-order valence-electron chi connectivity index (χ2n) is 30.7. The zero-order valence-corrected chi connectivity index (χ0v) is 60.0. The molecule has 14 aromatic rings. The molecule has 0 fully saturated rings. The molecule has 0 heterocycles. The molecule has 0 unspecified atom stereocenters. The second-order valence-corrected chi connectivity index (χ2v) is 30.7. The maximum Gasteiger partial charge on any atom is 0.0560 e. The standard InChI is InChI=1S/C102H82N2/c1-67-24-43-86(103(87-48-41-74-18-10-14-22-80(74)64-87)84-44-37-76(38-45-84)82-35-33-72-16-8-12-20-78(72)62-82)56-57-100(2,3)95-58-68(29-51-90(67)95)25-26-69-30-52-91-92-53-31-70(60-97(92)101(4,5)96(91)59-69)27-28-71-32-54-93-94-55-50-89(66-99(94)102(6,7)98(93)61-71)104(88-49-42-75-19-11-15-23-81(75)65-88)85-46-39-77(40-47-85)83-36-34-73-17-9-13-21-79(73)63-83/h8-44,46-56,58-66,84H,1,45,57H2,2-7H3/b26-25+,28-27+,43-24-,86-56+/t84-/m0/s1. The van der Waals surface area contributed by atoms with E-state index in [4.69, 9.17) is 6.58 Å². The Labute approximate surface area is 612 Å². The normalized spacial score (nSPS) is 16.8. The van der Waals surface area contributed by atoms with E-state index >= 15 is 0 Å². The van der Waals surface area contributed by atoms with Crippen LogP contribution in [0.5, 0.6) is 0 Å². The molecule has 0 amide bonds. The Morgan fingerprint density at radius 1 is 0.327 bits per heavy atom. The van der Waals surface area contributed by atoms with Gasteiger partial charge in [-0.25, -0.2) is 0 Å². The van der Waals surface area contributed by atoms with Gasteiger partial charge in [-0.3, -0.25) is 0 Å². The van der Waals surface area contributed by atoms with Crippen molar-refractivity contribution in [2.24, 2.45) is 0 Å². The maximum absolute atomic E-state index is 4.75. The van der Waals surface area contributed by atoms with E-state index in [2.05, 4.69) is 397 Å². The van der Waals surface area contributed by atoms with Crippen molar-refractivity contribution in [3.63, 3.8) is 0 Å². The van der Waals surface area contributed by atoms with Crippen molar-refractivity contribution in [1.29, 1.82) is 0 Å². The molecule has 0 aliphatic heterocycles. The number of benzene rings is 14. The van der Waals surface area contributed by atoms with Gasteiger partial charge in [0.05, 0.1) is 6.04 Å². The van der Waals surface area contributed by atoms with E-state index in [1.54, 1.807) is 0 Å². The van der Waals surface area contributed by atoms with Crippen LogP contribution in [-0.4, -0.2) is 6.04 Å². The van der Waals surface area contributed by atoms with Crippen LogP contribution in [0.3, 0.4) is 0 Å². The zero-order valence-electron chi connectivity index (χ0n) is 60.0. The van der Waals surface area contributed by atoms with Crippen LogP contribution in [0.15, 0.2) is 334 Å². The summed E-state index contributed by atoms with van der Waals surface area (Å²) in [6.45, 7) is 19.1. The van der Waals surface area contributed by atoms with E-state index in [0.717, 1.165) is 35.5 Å². The Morgan fingerprint density at radius 2 is 0.721 bits per heavy atom. The van der Waals surface area contributed by atoms with E-state index in [1.807, 2.05) is 0 Å². The third-order valence-corrected chi connectivity index (χ3v) is 23.0. The lowest BCUT2D eigenvalue weighted by molar-refractivity contribution is 0.531. The van der Waals surface area contributed by atoms with Crippen molar-refractivity contribution in [3.05, 3.63) is 395 Å². The lowest BCUT2D eigenvalue weighted by Gasteiger charge is -2.35. The number of nitrogens with zero attached hydrogens (tertiary/aromatic N) is 2. The summed E-state index contributed by atoms with van der Waals surface area (Å²) < 4.78 is 0. The van der Waals surface area contributed by atoms with E-state index in [-0.39, 0.29) is 22.3 Å². The molecule has 18 rings (SSSR count). The molecule has 14 aromatic carbocycles. The van der Waals surface area contributed by atoms with Crippen molar-refractivity contribution in [2.75, 3.05) is 9.80 Å². The summed E-state index contributed by atoms with van der Waals surface area (Å²) in [6.07, 6.45) is 25.1. The van der Waals surface area contributed by atoms with E-state index in [9.17, 15) is 0 Å². The Kier molecular flexibility index (Phi) is 15.7. The highest BCUT2D eigenvalue weighted by molar-refractivity contribution is 5.95. The van der Waals surface area contributed by atoms with Gasteiger partial charge in [-0.1, -0.05) is 327 Å². The highest BCUT2D eigenvalue weighted by Crippen LogP contribution is 2.53. The Hall–Kier alpha value is -12.1. The van der Waals surface area contributed by atoms with E-state index in [1.165, 1.54) is 155 Å². The molecule has 1 atom stereocenters. The van der Waals surface area contributed by atoms with Crippen LogP contribution < -0.4 is 9.80 Å². The zero-order chi connectivity index (χ0) is 70.4. The summed E-state index contributed by atoms with van der Waals surface area (Å²) in [4.78, 5) is 4.97. The first-order chi connectivity index (χ1) is 50.6. The number of hydrogen-bond donors (Lipinski definition) is 0. The summed E-state index contributed by atoms with van der Waals surface area (Å²) in [5.74, 6) is 0. The Morgan fingerprint density at radius 3 is 1.24 bits per heavy atom. The molecule has 0 spiro atoms. The van der Waals surface area contributed by atoms with Gasteiger partial charge >= 0.3 is 0 Å². The van der Waals surface area contributed by atoms with Gasteiger partial charge in [-0.05, 0) is 234 Å². The smallest absolute Gasteiger partial charge is 0.0560 e. The van der Waals surface area contributed by atoms with Gasteiger partial charge in [0.2, 0.25) is 0 Å². The van der Waals surface area contributed by atoms with Gasteiger partial charge in [-0.15, -0.1) is 0 Å². The van der Waals surface area contributed by atoms with Crippen LogP contribution in [0.2, 0.25) is 0 Å². The predicted octanol–water partition coefficient (Wildman–Crippen LogP) is 27.4. The number of allylic oxidation sites excluding steroid dienone is 6. The minimum atomic E-state index is -0.232. The average molecular weight is 1340 g/mol. The van der Waals surface area contributed by atoms with Crippen molar-refractivity contribution in [2.45, 2.75) is 76.7 Å². The van der Waals surface area contributed by atoms with Gasteiger partial charge < -0.3 is 9.80 Å². The molecule has 0 saturated heterocycles. The van der Waals surface area contributed by atoms with Gasteiger partial charge in [0, 0.05) is 39.3 Å². The lowest BCUT2D eigenvalue weighted by atomic mass is 9.77. The molecule has 0 N–H and O–H groups in total. The van der Waals surface area contributed by atoms with E-state index in [0.29, 0.717) is 0 Å². The third-order valence-electron chi connectivity index (χ3n) is 23.0. The molecule has 2 heteroatoms. The summed E-state index contributed by atoms with van der Waals surface area (Å²) in [6, 6.07) is 106. The highest BCUT2D eigenvalue weighted by Gasteiger charge is 2.38. The molecule has 4 aliphatic carbocycles. The van der Waals surface area contributed by atoms with Gasteiger partial charge in [0.1, 0.15) is 0 Å². The molecule has 500 valence electrons. The Bertz CT molecular complexity index is 6050. The number of hydrogen-bond acceptors (Lipinski definition) is 2. The summed E-state index contributed by atoms with van der Waals surface area (Å²) in [5.41, 5.74) is 29.0. The fourth-order valence-electron chi connectivity index (χ4n) is 17.0. The minimum absolute atomic E-state index is 0.111. The fourth-order valence-corrected chi connectivity index (χ4v) is 17.0. The van der Waals surface area contributed by atoms with E-state index < -0.39 is 0 Å². The monoisotopic (exact) mass is 1330 g/mol. The first kappa shape index (κ1) is 64.0. The van der Waals surface area contributed by atoms with Gasteiger partial charge in [-0.2, -0.15) is 0 Å². The van der Waals surface area contributed by atoms with Crippen LogP contribution in [0, 0.1) is 0 Å². The molecular formula is C102H82N2. The maximum atomic E-state index is 4.75. The van der Waals surface area contributed by atoms with Crippen LogP contribution in [-0.2, 0) is 16.2 Å². The second kappa shape index (κ2) is 25.5.